The molecule has 0 saturated carbocycles. The predicted octanol–water partition coefficient (Wildman–Crippen LogP) is 4.53. The normalized spacial score (nSPS) is 11.7. The number of furan rings is 1. The number of hydrogen-bond acceptors (Lipinski definition) is 2. The molecule has 2 nitrogen and oxygen atoms in total. The Hall–Kier alpha value is -1.06. The summed E-state index contributed by atoms with van der Waals surface area (Å²) < 4.78 is 19.2. The molecule has 0 aliphatic heterocycles. The molecule has 4 heteroatoms. The van der Waals surface area contributed by atoms with Crippen molar-refractivity contribution in [3.8, 4) is 0 Å². The van der Waals surface area contributed by atoms with Crippen LogP contribution in [0, 0.1) is 11.7 Å². The molecule has 0 fully saturated rings. The number of halogens is 2. The van der Waals surface area contributed by atoms with Crippen LogP contribution in [0.25, 0.3) is 11.0 Å². The molecule has 2 aromatic rings. The van der Waals surface area contributed by atoms with Crippen LogP contribution in [-0.4, -0.2) is 6.54 Å². The number of nitrogens with one attached hydrogen (secondary N) is 1. The Morgan fingerprint density at radius 2 is 2.11 bits per heavy atom. The van der Waals surface area contributed by atoms with Crippen LogP contribution in [0.5, 0.6) is 0 Å². The Bertz CT molecular complexity index is 577. The first-order valence-electron chi connectivity index (χ1n) is 6.63. The summed E-state index contributed by atoms with van der Waals surface area (Å²) in [6, 6.07) is 2.79. The third kappa shape index (κ3) is 3.10. The largest absolute Gasteiger partial charge is 0.458 e. The number of benzene rings is 1. The SMILES string of the molecule is CCc1c(CNCC(C)C)oc2c(Cl)cc(F)cc12. The van der Waals surface area contributed by atoms with Crippen molar-refractivity contribution in [2.75, 3.05) is 6.54 Å². The van der Waals surface area contributed by atoms with Gasteiger partial charge in [-0.05, 0) is 31.0 Å². The molecule has 1 heterocycles. The lowest BCUT2D eigenvalue weighted by Crippen LogP contribution is -2.19. The second kappa shape index (κ2) is 5.93. The summed E-state index contributed by atoms with van der Waals surface area (Å²) in [7, 11) is 0. The molecule has 104 valence electrons. The third-order valence-corrected chi connectivity index (χ3v) is 3.37. The van der Waals surface area contributed by atoms with Crippen LogP contribution in [-0.2, 0) is 13.0 Å². The highest BCUT2D eigenvalue weighted by molar-refractivity contribution is 6.34. The van der Waals surface area contributed by atoms with Crippen LogP contribution in [0.4, 0.5) is 4.39 Å². The molecule has 0 saturated heterocycles. The van der Waals surface area contributed by atoms with Crippen LogP contribution in [0.2, 0.25) is 5.02 Å². The number of fused-ring (bicyclic) bond motifs is 1. The lowest BCUT2D eigenvalue weighted by atomic mass is 10.1. The van der Waals surface area contributed by atoms with E-state index in [-0.39, 0.29) is 5.82 Å². The standard InChI is InChI=1S/C15H19ClFNO/c1-4-11-12-5-10(17)6-13(16)15(12)19-14(11)8-18-7-9(2)3/h5-6,9,18H,4,7-8H2,1-3H3. The van der Waals surface area contributed by atoms with E-state index in [1.54, 1.807) is 0 Å². The molecule has 0 spiro atoms. The average Bonchev–Trinajstić information content (AvgIpc) is 2.66. The minimum atomic E-state index is -0.324. The van der Waals surface area contributed by atoms with Crippen LogP contribution in [0.1, 0.15) is 32.1 Å². The Labute approximate surface area is 117 Å². The van der Waals surface area contributed by atoms with Gasteiger partial charge in [0.15, 0.2) is 5.58 Å². The molecular formula is C15H19ClFNO. The topological polar surface area (TPSA) is 25.2 Å². The summed E-state index contributed by atoms with van der Waals surface area (Å²) in [6.07, 6.45) is 0.797. The van der Waals surface area contributed by atoms with Gasteiger partial charge in [0.1, 0.15) is 11.6 Å². The van der Waals surface area contributed by atoms with Gasteiger partial charge < -0.3 is 9.73 Å². The molecule has 0 bridgehead atoms. The van der Waals surface area contributed by atoms with E-state index in [1.807, 2.05) is 6.92 Å². The fourth-order valence-electron chi connectivity index (χ4n) is 2.23. The first-order valence-corrected chi connectivity index (χ1v) is 7.00. The molecule has 2 rings (SSSR count). The molecule has 0 radical (unpaired) electrons. The van der Waals surface area contributed by atoms with E-state index in [4.69, 9.17) is 16.0 Å². The predicted molar refractivity (Wildman–Crippen MR) is 77.1 cm³/mol. The van der Waals surface area contributed by atoms with Crippen molar-refractivity contribution >= 4 is 22.6 Å². The second-order valence-electron chi connectivity index (χ2n) is 5.15. The van der Waals surface area contributed by atoms with Crippen LogP contribution < -0.4 is 5.32 Å². The van der Waals surface area contributed by atoms with E-state index in [2.05, 4.69) is 19.2 Å². The zero-order valence-corrected chi connectivity index (χ0v) is 12.3. The van der Waals surface area contributed by atoms with Crippen molar-refractivity contribution in [1.29, 1.82) is 0 Å². The molecular weight excluding hydrogens is 265 g/mol. The summed E-state index contributed by atoms with van der Waals surface area (Å²) in [4.78, 5) is 0. The Balaban J connectivity index is 2.36. The highest BCUT2D eigenvalue weighted by Gasteiger charge is 2.16. The molecule has 1 aromatic carbocycles. The molecule has 19 heavy (non-hydrogen) atoms. The second-order valence-corrected chi connectivity index (χ2v) is 5.55. The van der Waals surface area contributed by atoms with Crippen LogP contribution in [0.3, 0.4) is 0 Å². The Kier molecular flexibility index (Phi) is 4.48. The van der Waals surface area contributed by atoms with Gasteiger partial charge in [-0.3, -0.25) is 0 Å². The third-order valence-electron chi connectivity index (χ3n) is 3.09. The van der Waals surface area contributed by atoms with Crippen molar-refractivity contribution in [3.63, 3.8) is 0 Å². The van der Waals surface area contributed by atoms with Crippen molar-refractivity contribution in [2.45, 2.75) is 33.7 Å². The first kappa shape index (κ1) is 14.4. The van der Waals surface area contributed by atoms with Gasteiger partial charge in [0.2, 0.25) is 0 Å². The van der Waals surface area contributed by atoms with Crippen LogP contribution >= 0.6 is 11.6 Å². The molecule has 0 aliphatic rings. The first-order chi connectivity index (χ1) is 9.02. The summed E-state index contributed by atoms with van der Waals surface area (Å²) in [5.74, 6) is 1.11. The molecule has 1 N–H and O–H groups in total. The zero-order valence-electron chi connectivity index (χ0n) is 11.5. The van der Waals surface area contributed by atoms with E-state index in [0.717, 1.165) is 29.7 Å². The average molecular weight is 284 g/mol. The van der Waals surface area contributed by atoms with Gasteiger partial charge >= 0.3 is 0 Å². The molecule has 0 aliphatic carbocycles. The van der Waals surface area contributed by atoms with Gasteiger partial charge in [0, 0.05) is 10.9 Å². The quantitative estimate of drug-likeness (QED) is 0.872. The van der Waals surface area contributed by atoms with E-state index in [1.165, 1.54) is 12.1 Å². The fourth-order valence-corrected chi connectivity index (χ4v) is 2.47. The zero-order chi connectivity index (χ0) is 14.0. The minimum Gasteiger partial charge on any atom is -0.458 e. The number of aryl methyl sites for hydroxylation is 1. The Morgan fingerprint density at radius 1 is 1.37 bits per heavy atom. The lowest BCUT2D eigenvalue weighted by molar-refractivity contribution is 0.481. The smallest absolute Gasteiger partial charge is 0.153 e. The minimum absolute atomic E-state index is 0.324. The maximum Gasteiger partial charge on any atom is 0.153 e. The van der Waals surface area contributed by atoms with Gasteiger partial charge in [-0.25, -0.2) is 4.39 Å². The monoisotopic (exact) mass is 283 g/mol. The molecule has 1 aromatic heterocycles. The summed E-state index contributed by atoms with van der Waals surface area (Å²) >= 11 is 6.03. The highest BCUT2D eigenvalue weighted by atomic mass is 35.5. The van der Waals surface area contributed by atoms with Crippen LogP contribution in [0.15, 0.2) is 16.5 Å². The van der Waals surface area contributed by atoms with Gasteiger partial charge in [-0.2, -0.15) is 0 Å². The van der Waals surface area contributed by atoms with Crippen molar-refractivity contribution in [2.24, 2.45) is 5.92 Å². The Morgan fingerprint density at radius 3 is 2.74 bits per heavy atom. The number of rotatable bonds is 5. The molecule has 0 atom stereocenters. The lowest BCUT2D eigenvalue weighted by Gasteiger charge is -2.06. The summed E-state index contributed by atoms with van der Waals surface area (Å²) in [6.45, 7) is 7.91. The van der Waals surface area contributed by atoms with Crippen molar-refractivity contribution < 1.29 is 8.81 Å². The van der Waals surface area contributed by atoms with Gasteiger partial charge in [-0.1, -0.05) is 32.4 Å². The maximum atomic E-state index is 13.4. The van der Waals surface area contributed by atoms with E-state index >= 15 is 0 Å². The van der Waals surface area contributed by atoms with E-state index < -0.39 is 0 Å². The fraction of sp³-hybridized carbons (Fsp3) is 0.467. The van der Waals surface area contributed by atoms with Crippen molar-refractivity contribution in [3.05, 3.63) is 34.3 Å². The summed E-state index contributed by atoms with van der Waals surface area (Å²) in [5.41, 5.74) is 1.62. The molecule has 0 unspecified atom stereocenters. The van der Waals surface area contributed by atoms with Crippen molar-refractivity contribution in [1.82, 2.24) is 5.32 Å². The molecule has 0 amide bonds. The van der Waals surface area contributed by atoms with Gasteiger partial charge in [0.25, 0.3) is 0 Å². The maximum absolute atomic E-state index is 13.4. The van der Waals surface area contributed by atoms with Gasteiger partial charge in [0.05, 0.1) is 11.6 Å². The van der Waals surface area contributed by atoms with E-state index in [0.29, 0.717) is 23.1 Å². The highest BCUT2D eigenvalue weighted by Crippen LogP contribution is 2.32. The van der Waals surface area contributed by atoms with E-state index in [9.17, 15) is 4.39 Å². The summed E-state index contributed by atoms with van der Waals surface area (Å²) in [5, 5.41) is 4.46. The van der Waals surface area contributed by atoms with Gasteiger partial charge in [-0.15, -0.1) is 0 Å². The number of hydrogen-bond donors (Lipinski definition) is 1.